The number of hydrogen-bond acceptors (Lipinski definition) is 6. The lowest BCUT2D eigenvalue weighted by Crippen LogP contribution is -2.37. The molecule has 8 nitrogen and oxygen atoms in total. The minimum absolute atomic E-state index is 0.0690. The highest BCUT2D eigenvalue weighted by atomic mass is 31.2. The van der Waals surface area contributed by atoms with E-state index in [2.05, 4.69) is 74.6 Å². The van der Waals surface area contributed by atoms with Crippen LogP contribution in [0.5, 0.6) is 0 Å². The average Bonchev–Trinajstić information content (AvgIpc) is 3.16. The second-order valence-corrected chi connectivity index (χ2v) is 17.5. The number of phosphoric ester groups is 1. The molecule has 57 heavy (non-hydrogen) atoms. The first kappa shape index (κ1) is 54.9. The molecule has 0 spiro atoms. The van der Waals surface area contributed by atoms with Gasteiger partial charge in [0.15, 0.2) is 0 Å². The summed E-state index contributed by atoms with van der Waals surface area (Å²) < 4.78 is 34.9. The van der Waals surface area contributed by atoms with Crippen molar-refractivity contribution in [2.75, 3.05) is 54.1 Å². The first-order chi connectivity index (χ1) is 27.6. The van der Waals surface area contributed by atoms with E-state index >= 15 is 0 Å². The number of esters is 1. The number of allylic oxidation sites excluding steroid dienone is 11. The summed E-state index contributed by atoms with van der Waals surface area (Å²) in [5, 5.41) is 0. The summed E-state index contributed by atoms with van der Waals surface area (Å²) in [6.07, 6.45) is 52.6. The number of carbonyl (C=O) groups is 1. The van der Waals surface area contributed by atoms with Gasteiger partial charge in [0.25, 0.3) is 0 Å². The number of unbranched alkanes of at least 4 members (excludes halogenated alkanes) is 16. The highest BCUT2D eigenvalue weighted by molar-refractivity contribution is 7.47. The van der Waals surface area contributed by atoms with Gasteiger partial charge in [-0.05, 0) is 64.2 Å². The van der Waals surface area contributed by atoms with E-state index in [-0.39, 0.29) is 26.2 Å². The van der Waals surface area contributed by atoms with E-state index in [4.69, 9.17) is 18.5 Å². The van der Waals surface area contributed by atoms with Crippen LogP contribution in [0.25, 0.3) is 0 Å². The van der Waals surface area contributed by atoms with Crippen LogP contribution < -0.4 is 0 Å². The van der Waals surface area contributed by atoms with Crippen LogP contribution in [-0.4, -0.2) is 75.6 Å². The third kappa shape index (κ3) is 44.9. The standard InChI is InChI=1S/C48H86NO7P/c1-6-8-10-12-14-16-18-20-22-23-24-25-26-28-30-32-34-36-38-40-43-53-45-47(46-55-57(51,52)54-44-42-49(3,4)5)56-48(50)41-39-37-35-33-31-29-27-21-19-17-15-13-11-9-7-2/h9,11,15,17,20-22,27,31,33,37,39,47H,6-8,10,12-14,16,18-19,23-26,28-30,32,34-36,38,40-46H2,1-5H3/p+1/b11-9-,17-15-,22-20-,27-21-,33-31-,39-37-. The fraction of sp³-hybridized carbons (Fsp3) is 0.729. The van der Waals surface area contributed by atoms with E-state index < -0.39 is 19.9 Å². The van der Waals surface area contributed by atoms with E-state index in [1.165, 1.54) is 103 Å². The molecule has 0 amide bonds. The zero-order valence-corrected chi connectivity index (χ0v) is 38.2. The SMILES string of the molecule is CC/C=C\C/C=C\C/C=C\C/C=C\C/C=C\CC(=O)OC(COCCCCCCCCCCCC/C=C\CCCCCCCC)COP(=O)(O)OCC[N+](C)(C)C. The lowest BCUT2D eigenvalue weighted by Gasteiger charge is -2.24. The second kappa shape index (κ2) is 40.7. The van der Waals surface area contributed by atoms with Crippen LogP contribution in [0.4, 0.5) is 0 Å². The van der Waals surface area contributed by atoms with Gasteiger partial charge in [0.2, 0.25) is 0 Å². The first-order valence-corrected chi connectivity index (χ1v) is 24.2. The molecule has 0 saturated heterocycles. The summed E-state index contributed by atoms with van der Waals surface area (Å²) in [4.78, 5) is 22.8. The molecule has 0 aromatic carbocycles. The van der Waals surface area contributed by atoms with Crippen LogP contribution in [0.3, 0.4) is 0 Å². The van der Waals surface area contributed by atoms with E-state index in [0.29, 0.717) is 17.6 Å². The van der Waals surface area contributed by atoms with Gasteiger partial charge in [0, 0.05) is 6.61 Å². The van der Waals surface area contributed by atoms with Gasteiger partial charge in [-0.25, -0.2) is 4.57 Å². The highest BCUT2D eigenvalue weighted by Gasteiger charge is 2.26. The van der Waals surface area contributed by atoms with Gasteiger partial charge in [-0.15, -0.1) is 0 Å². The number of quaternary nitrogens is 1. The molecule has 0 fully saturated rings. The molecule has 0 aromatic rings. The van der Waals surface area contributed by atoms with Gasteiger partial charge in [-0.3, -0.25) is 13.8 Å². The van der Waals surface area contributed by atoms with Crippen molar-refractivity contribution in [3.05, 3.63) is 72.9 Å². The number of rotatable bonds is 41. The second-order valence-electron chi connectivity index (χ2n) is 16.1. The summed E-state index contributed by atoms with van der Waals surface area (Å²) >= 11 is 0. The molecular weight excluding hydrogens is 734 g/mol. The van der Waals surface area contributed by atoms with Crippen LogP contribution in [0.2, 0.25) is 0 Å². The summed E-state index contributed by atoms with van der Waals surface area (Å²) in [5.74, 6) is -0.442. The quantitative estimate of drug-likeness (QED) is 0.0216. The Labute approximate surface area is 351 Å². The minimum Gasteiger partial charge on any atom is -0.457 e. The molecule has 2 unspecified atom stereocenters. The number of likely N-dealkylation sites (N-methyl/N-ethyl adjacent to an activating group) is 1. The summed E-state index contributed by atoms with van der Waals surface area (Å²) in [6.45, 7) is 5.36. The van der Waals surface area contributed by atoms with Crippen LogP contribution in [-0.2, 0) is 27.9 Å². The van der Waals surface area contributed by atoms with Crippen molar-refractivity contribution in [3.63, 3.8) is 0 Å². The Balaban J connectivity index is 4.31. The Bertz CT molecular complexity index is 1140. The molecule has 330 valence electrons. The molecule has 9 heteroatoms. The van der Waals surface area contributed by atoms with E-state index in [1.54, 1.807) is 6.08 Å². The largest absolute Gasteiger partial charge is 0.472 e. The topological polar surface area (TPSA) is 91.3 Å². The fourth-order valence-corrected chi connectivity index (χ4v) is 6.54. The van der Waals surface area contributed by atoms with Gasteiger partial charge in [-0.2, -0.15) is 0 Å². The summed E-state index contributed by atoms with van der Waals surface area (Å²) in [5.41, 5.74) is 0. The van der Waals surface area contributed by atoms with Crippen molar-refractivity contribution in [3.8, 4) is 0 Å². The normalized spacial score (nSPS) is 14.4. The molecule has 0 aromatic heterocycles. The zero-order chi connectivity index (χ0) is 42.0. The van der Waals surface area contributed by atoms with Gasteiger partial charge in [0.05, 0.1) is 40.8 Å². The van der Waals surface area contributed by atoms with Crippen molar-refractivity contribution >= 4 is 13.8 Å². The molecular formula is C48H87NO7P+. The van der Waals surface area contributed by atoms with E-state index in [1.807, 2.05) is 27.2 Å². The number of phosphoric acid groups is 1. The molecule has 0 aliphatic heterocycles. The monoisotopic (exact) mass is 821 g/mol. The maximum atomic E-state index is 12.6. The molecule has 0 saturated carbocycles. The molecule has 0 aliphatic carbocycles. The third-order valence-electron chi connectivity index (χ3n) is 9.28. The number of hydrogen-bond donors (Lipinski definition) is 1. The molecule has 0 heterocycles. The van der Waals surface area contributed by atoms with Crippen LogP contribution in [0.1, 0.15) is 168 Å². The van der Waals surface area contributed by atoms with Gasteiger partial charge in [0.1, 0.15) is 19.3 Å². The smallest absolute Gasteiger partial charge is 0.457 e. The Kier molecular flexibility index (Phi) is 39.2. The molecule has 0 radical (unpaired) electrons. The van der Waals surface area contributed by atoms with Crippen LogP contribution in [0.15, 0.2) is 72.9 Å². The Hall–Kier alpha value is -2.06. The van der Waals surface area contributed by atoms with E-state index in [9.17, 15) is 14.3 Å². The Morgan fingerprint density at radius 1 is 0.561 bits per heavy atom. The fourth-order valence-electron chi connectivity index (χ4n) is 5.80. The zero-order valence-electron chi connectivity index (χ0n) is 37.3. The van der Waals surface area contributed by atoms with Crippen molar-refractivity contribution in [1.82, 2.24) is 0 Å². The maximum Gasteiger partial charge on any atom is 0.472 e. The predicted molar refractivity (Wildman–Crippen MR) is 242 cm³/mol. The molecule has 0 aliphatic rings. The average molecular weight is 821 g/mol. The van der Waals surface area contributed by atoms with Gasteiger partial charge >= 0.3 is 13.8 Å². The molecule has 0 rings (SSSR count). The Morgan fingerprint density at radius 3 is 1.51 bits per heavy atom. The molecule has 1 N–H and O–H groups in total. The number of nitrogens with zero attached hydrogens (tertiary/aromatic N) is 1. The Morgan fingerprint density at radius 2 is 1.02 bits per heavy atom. The van der Waals surface area contributed by atoms with Crippen LogP contribution >= 0.6 is 7.82 Å². The van der Waals surface area contributed by atoms with Crippen molar-refractivity contribution in [1.29, 1.82) is 0 Å². The third-order valence-corrected chi connectivity index (χ3v) is 10.3. The first-order valence-electron chi connectivity index (χ1n) is 22.7. The van der Waals surface area contributed by atoms with Crippen molar-refractivity contribution in [2.45, 2.75) is 174 Å². The molecule has 0 bridgehead atoms. The van der Waals surface area contributed by atoms with Crippen molar-refractivity contribution < 1.29 is 37.3 Å². The number of carbonyl (C=O) groups excluding carboxylic acids is 1. The lowest BCUT2D eigenvalue weighted by atomic mass is 10.1. The predicted octanol–water partition coefficient (Wildman–Crippen LogP) is 13.5. The van der Waals surface area contributed by atoms with Crippen LogP contribution in [0, 0.1) is 0 Å². The summed E-state index contributed by atoms with van der Waals surface area (Å²) in [7, 11) is 1.60. The minimum atomic E-state index is -4.30. The molecule has 2 atom stereocenters. The lowest BCUT2D eigenvalue weighted by molar-refractivity contribution is -0.870. The maximum absolute atomic E-state index is 12.6. The highest BCUT2D eigenvalue weighted by Crippen LogP contribution is 2.43. The summed E-state index contributed by atoms with van der Waals surface area (Å²) in [6, 6.07) is 0. The van der Waals surface area contributed by atoms with Gasteiger partial charge in [-0.1, -0.05) is 170 Å². The van der Waals surface area contributed by atoms with Gasteiger partial charge < -0.3 is 18.9 Å². The van der Waals surface area contributed by atoms with E-state index in [0.717, 1.165) is 44.9 Å². The number of ether oxygens (including phenoxy) is 2. The van der Waals surface area contributed by atoms with Crippen molar-refractivity contribution in [2.24, 2.45) is 0 Å².